The van der Waals surface area contributed by atoms with Crippen molar-refractivity contribution in [2.24, 2.45) is 4.99 Å². The fourth-order valence-electron chi connectivity index (χ4n) is 2.18. The average Bonchev–Trinajstić information content (AvgIpc) is 2.78. The zero-order valence-electron chi connectivity index (χ0n) is 13.2. The zero-order valence-corrected chi connectivity index (χ0v) is 17.1. The molecule has 2 aromatic rings. The van der Waals surface area contributed by atoms with Crippen LogP contribution in [-0.4, -0.2) is 10.1 Å². The van der Waals surface area contributed by atoms with Crippen molar-refractivity contribution in [3.8, 4) is 0 Å². The van der Waals surface area contributed by atoms with Crippen molar-refractivity contribution in [1.29, 1.82) is 0 Å². The van der Waals surface area contributed by atoms with Crippen molar-refractivity contribution in [3.63, 3.8) is 0 Å². The molecule has 2 rings (SSSR count). The standard InChI is InChI=1S/C16H16Cl2N2S3/c1-8(2)11-5-10(22-16-20-14(17)15(18)23-16)6-12(9(3)4)13(11)19-7-21/h5-6,8-9H,1-4H3. The number of hydrogen-bond acceptors (Lipinski definition) is 5. The Kier molecular flexibility index (Phi) is 6.66. The van der Waals surface area contributed by atoms with Crippen LogP contribution in [-0.2, 0) is 0 Å². The van der Waals surface area contributed by atoms with Crippen molar-refractivity contribution >= 4 is 69.4 Å². The Morgan fingerprint density at radius 3 is 2.13 bits per heavy atom. The van der Waals surface area contributed by atoms with E-state index in [1.165, 1.54) is 11.3 Å². The molecule has 0 aliphatic heterocycles. The number of thiocarbonyl (C=S) groups is 1. The van der Waals surface area contributed by atoms with E-state index in [0.717, 1.165) is 26.0 Å². The van der Waals surface area contributed by atoms with Gasteiger partial charge in [-0.05, 0) is 47.3 Å². The summed E-state index contributed by atoms with van der Waals surface area (Å²) in [5, 5.41) is 2.87. The lowest BCUT2D eigenvalue weighted by atomic mass is 9.93. The van der Waals surface area contributed by atoms with Crippen LogP contribution in [0, 0.1) is 0 Å². The Balaban J connectivity index is 2.54. The molecule has 2 nitrogen and oxygen atoms in total. The lowest BCUT2D eigenvalue weighted by molar-refractivity contribution is 0.828. The summed E-state index contributed by atoms with van der Waals surface area (Å²) in [6, 6.07) is 4.27. The molecule has 23 heavy (non-hydrogen) atoms. The molecule has 0 saturated carbocycles. The Morgan fingerprint density at radius 1 is 1.17 bits per heavy atom. The minimum absolute atomic E-state index is 0.332. The van der Waals surface area contributed by atoms with Gasteiger partial charge in [-0.3, -0.25) is 0 Å². The van der Waals surface area contributed by atoms with E-state index in [4.69, 9.17) is 35.4 Å². The van der Waals surface area contributed by atoms with Gasteiger partial charge in [-0.2, -0.15) is 4.99 Å². The van der Waals surface area contributed by atoms with Crippen LogP contribution in [0.15, 0.2) is 26.4 Å². The molecule has 0 amide bonds. The highest BCUT2D eigenvalue weighted by Gasteiger charge is 2.17. The second kappa shape index (κ2) is 8.11. The highest BCUT2D eigenvalue weighted by Crippen LogP contribution is 2.42. The number of aliphatic imine (C=N–C) groups is 1. The van der Waals surface area contributed by atoms with E-state index >= 15 is 0 Å². The molecule has 0 unspecified atom stereocenters. The fourth-order valence-corrected chi connectivity index (χ4v) is 4.80. The van der Waals surface area contributed by atoms with Crippen molar-refractivity contribution < 1.29 is 0 Å². The molecule has 1 aromatic heterocycles. The molecule has 0 fully saturated rings. The van der Waals surface area contributed by atoms with Gasteiger partial charge in [0.25, 0.3) is 0 Å². The van der Waals surface area contributed by atoms with Crippen LogP contribution in [0.3, 0.4) is 0 Å². The molecular weight excluding hydrogens is 387 g/mol. The first-order chi connectivity index (χ1) is 10.8. The summed E-state index contributed by atoms with van der Waals surface area (Å²) in [7, 11) is 0. The normalized spacial score (nSPS) is 11.1. The summed E-state index contributed by atoms with van der Waals surface area (Å²) in [5.41, 5.74) is 3.25. The Hall–Kier alpha value is -0.420. The van der Waals surface area contributed by atoms with Crippen LogP contribution in [0.4, 0.5) is 5.69 Å². The molecule has 0 spiro atoms. The number of halogens is 2. The Bertz CT molecular complexity index is 714. The van der Waals surface area contributed by atoms with Gasteiger partial charge in [0.1, 0.15) is 4.34 Å². The summed E-state index contributed by atoms with van der Waals surface area (Å²) in [4.78, 5) is 9.69. The molecule has 122 valence electrons. The van der Waals surface area contributed by atoms with Gasteiger partial charge in [-0.25, -0.2) is 4.98 Å². The van der Waals surface area contributed by atoms with E-state index in [2.05, 4.69) is 55.0 Å². The summed E-state index contributed by atoms with van der Waals surface area (Å²) in [5.74, 6) is 0.664. The van der Waals surface area contributed by atoms with Crippen molar-refractivity contribution in [2.45, 2.75) is 48.8 Å². The topological polar surface area (TPSA) is 25.2 Å². The fraction of sp³-hybridized carbons (Fsp3) is 0.375. The molecular formula is C16H16Cl2N2S3. The van der Waals surface area contributed by atoms with E-state index in [0.29, 0.717) is 21.3 Å². The van der Waals surface area contributed by atoms with Crippen LogP contribution < -0.4 is 0 Å². The van der Waals surface area contributed by atoms with Gasteiger partial charge in [-0.15, -0.1) is 0 Å². The largest absolute Gasteiger partial charge is 0.216 e. The maximum absolute atomic E-state index is 6.00. The number of benzene rings is 1. The number of nitrogens with zero attached hydrogens (tertiary/aromatic N) is 2. The first kappa shape index (κ1) is 18.9. The quantitative estimate of drug-likeness (QED) is 0.380. The van der Waals surface area contributed by atoms with Crippen LogP contribution in [0.1, 0.15) is 50.7 Å². The highest BCUT2D eigenvalue weighted by atomic mass is 35.5. The number of isothiocyanates is 1. The predicted octanol–water partition coefficient (Wildman–Crippen LogP) is 7.58. The average molecular weight is 403 g/mol. The minimum atomic E-state index is 0.332. The molecule has 1 heterocycles. The maximum atomic E-state index is 6.00. The molecule has 0 aliphatic carbocycles. The molecule has 0 aliphatic rings. The molecule has 7 heteroatoms. The van der Waals surface area contributed by atoms with E-state index in [1.54, 1.807) is 11.8 Å². The van der Waals surface area contributed by atoms with E-state index < -0.39 is 0 Å². The van der Waals surface area contributed by atoms with Gasteiger partial charge in [0.15, 0.2) is 9.49 Å². The van der Waals surface area contributed by atoms with E-state index in [-0.39, 0.29) is 0 Å². The van der Waals surface area contributed by atoms with E-state index in [1.807, 2.05) is 0 Å². The second-order valence-corrected chi connectivity index (χ2v) is 9.07. The predicted molar refractivity (Wildman–Crippen MR) is 106 cm³/mol. The smallest absolute Gasteiger partial charge is 0.160 e. The van der Waals surface area contributed by atoms with Crippen molar-refractivity contribution in [1.82, 2.24) is 4.98 Å². The first-order valence-corrected chi connectivity index (χ1v) is 9.88. The number of thiazole rings is 1. The third-order valence-electron chi connectivity index (χ3n) is 3.28. The van der Waals surface area contributed by atoms with Crippen molar-refractivity contribution in [2.75, 3.05) is 0 Å². The minimum Gasteiger partial charge on any atom is -0.216 e. The van der Waals surface area contributed by atoms with Gasteiger partial charge < -0.3 is 0 Å². The zero-order chi connectivity index (χ0) is 17.1. The highest BCUT2D eigenvalue weighted by molar-refractivity contribution is 8.01. The van der Waals surface area contributed by atoms with Crippen LogP contribution >= 0.6 is 58.5 Å². The van der Waals surface area contributed by atoms with Gasteiger partial charge >= 0.3 is 0 Å². The molecule has 1 aromatic carbocycles. The third-order valence-corrected chi connectivity index (χ3v) is 6.14. The molecule has 0 bridgehead atoms. The maximum Gasteiger partial charge on any atom is 0.160 e. The Labute approximate surface area is 160 Å². The molecule has 0 saturated heterocycles. The Morgan fingerprint density at radius 2 is 1.74 bits per heavy atom. The molecule has 0 N–H and O–H groups in total. The van der Waals surface area contributed by atoms with Gasteiger partial charge in [0.05, 0.1) is 10.8 Å². The van der Waals surface area contributed by atoms with Gasteiger partial charge in [0.2, 0.25) is 0 Å². The molecule has 0 radical (unpaired) electrons. The van der Waals surface area contributed by atoms with Gasteiger partial charge in [-0.1, -0.05) is 74.0 Å². The summed E-state index contributed by atoms with van der Waals surface area (Å²) >= 11 is 19.7. The van der Waals surface area contributed by atoms with Gasteiger partial charge in [0, 0.05) is 4.90 Å². The summed E-state index contributed by atoms with van der Waals surface area (Å²) < 4.78 is 1.35. The second-order valence-electron chi connectivity index (χ2n) is 5.61. The summed E-state index contributed by atoms with van der Waals surface area (Å²) in [6.07, 6.45) is 0. The van der Waals surface area contributed by atoms with Crippen molar-refractivity contribution in [3.05, 3.63) is 32.7 Å². The number of hydrogen-bond donors (Lipinski definition) is 0. The van der Waals surface area contributed by atoms with Crippen LogP contribution in [0.25, 0.3) is 0 Å². The number of aromatic nitrogens is 1. The first-order valence-electron chi connectivity index (χ1n) is 7.08. The molecule has 0 atom stereocenters. The third kappa shape index (κ3) is 4.56. The summed E-state index contributed by atoms with van der Waals surface area (Å²) in [6.45, 7) is 8.58. The lowest BCUT2D eigenvalue weighted by Gasteiger charge is -2.17. The monoisotopic (exact) mass is 402 g/mol. The SMILES string of the molecule is CC(C)c1cc(Sc2nc(Cl)c(Cl)s2)cc(C(C)C)c1N=C=S. The van der Waals surface area contributed by atoms with Crippen LogP contribution in [0.2, 0.25) is 9.49 Å². The lowest BCUT2D eigenvalue weighted by Crippen LogP contribution is -1.96. The van der Waals surface area contributed by atoms with Crippen LogP contribution in [0.5, 0.6) is 0 Å². The number of rotatable bonds is 5. The van der Waals surface area contributed by atoms with E-state index in [9.17, 15) is 0 Å².